The molecule has 1 aromatic heterocycles. The number of halogens is 3. The van der Waals surface area contributed by atoms with Crippen molar-refractivity contribution >= 4 is 5.91 Å². The summed E-state index contributed by atoms with van der Waals surface area (Å²) < 4.78 is 43.7. The number of nitrogens with zero attached hydrogens (tertiary/aromatic N) is 2. The molecule has 1 atom stereocenters. The van der Waals surface area contributed by atoms with Gasteiger partial charge in [-0.05, 0) is 30.2 Å². The average molecular weight is 387 g/mol. The third-order valence-electron chi connectivity index (χ3n) is 5.08. The average Bonchev–Trinajstić information content (AvgIpc) is 3.23. The Morgan fingerprint density at radius 2 is 1.93 bits per heavy atom. The van der Waals surface area contributed by atoms with Crippen LogP contribution in [-0.4, -0.2) is 27.0 Å². The van der Waals surface area contributed by atoms with E-state index in [0.717, 1.165) is 0 Å². The number of fused-ring (bicyclic) bond motifs is 3. The Morgan fingerprint density at radius 1 is 1.21 bits per heavy atom. The van der Waals surface area contributed by atoms with Crippen LogP contribution in [0.2, 0.25) is 0 Å². The van der Waals surface area contributed by atoms with E-state index in [-0.39, 0.29) is 22.3 Å². The van der Waals surface area contributed by atoms with Crippen LogP contribution in [0, 0.1) is 0 Å². The summed E-state index contributed by atoms with van der Waals surface area (Å²) >= 11 is 0. The molecule has 1 aliphatic rings. The van der Waals surface area contributed by atoms with E-state index in [1.165, 1.54) is 36.5 Å². The van der Waals surface area contributed by atoms with Crippen LogP contribution in [0.25, 0.3) is 22.3 Å². The maximum Gasteiger partial charge on any atom is 0.425 e. The summed E-state index contributed by atoms with van der Waals surface area (Å²) in [6, 6.07) is 8.32. The molecule has 144 valence electrons. The molecule has 5 nitrogen and oxygen atoms in total. The van der Waals surface area contributed by atoms with Gasteiger partial charge in [-0.2, -0.15) is 18.3 Å². The molecule has 0 spiro atoms. The van der Waals surface area contributed by atoms with Gasteiger partial charge in [0.1, 0.15) is 0 Å². The Labute approximate surface area is 158 Å². The second-order valence-electron chi connectivity index (χ2n) is 6.65. The third-order valence-corrected chi connectivity index (χ3v) is 5.08. The normalized spacial score (nSPS) is 18.0. The van der Waals surface area contributed by atoms with E-state index >= 15 is 0 Å². The Bertz CT molecular complexity index is 1100. The van der Waals surface area contributed by atoms with Gasteiger partial charge in [0.2, 0.25) is 11.5 Å². The summed E-state index contributed by atoms with van der Waals surface area (Å²) in [6.07, 6.45) is -1.85. The number of aromatic nitrogens is 2. The topological polar surface area (TPSA) is 81.1 Å². The molecule has 0 saturated heterocycles. The van der Waals surface area contributed by atoms with Crippen molar-refractivity contribution in [3.05, 3.63) is 65.5 Å². The molecule has 0 aliphatic heterocycles. The van der Waals surface area contributed by atoms with Gasteiger partial charge < -0.3 is 10.8 Å². The Kier molecular flexibility index (Phi) is 3.87. The summed E-state index contributed by atoms with van der Waals surface area (Å²) in [5, 5.41) is 15.0. The van der Waals surface area contributed by atoms with E-state index in [9.17, 15) is 23.1 Å². The molecule has 0 fully saturated rings. The van der Waals surface area contributed by atoms with Gasteiger partial charge in [0.25, 0.3) is 0 Å². The van der Waals surface area contributed by atoms with Crippen LogP contribution >= 0.6 is 0 Å². The molecule has 3 aromatic rings. The molecule has 3 N–H and O–H groups in total. The minimum Gasteiger partial charge on any atom is -0.372 e. The quantitative estimate of drug-likeness (QED) is 0.722. The van der Waals surface area contributed by atoms with Crippen molar-refractivity contribution in [3.8, 4) is 22.3 Å². The molecule has 1 amide bonds. The molecule has 0 bridgehead atoms. The van der Waals surface area contributed by atoms with Crippen molar-refractivity contribution in [3.63, 3.8) is 0 Å². The number of primary amides is 1. The molecule has 0 radical (unpaired) electrons. The van der Waals surface area contributed by atoms with Gasteiger partial charge in [0, 0.05) is 40.6 Å². The number of rotatable bonds is 3. The van der Waals surface area contributed by atoms with E-state index in [4.69, 9.17) is 5.73 Å². The summed E-state index contributed by atoms with van der Waals surface area (Å²) in [7, 11) is 0. The Hall–Kier alpha value is -3.13. The molecule has 28 heavy (non-hydrogen) atoms. The number of carbonyl (C=O) groups is 1. The number of carbonyl (C=O) groups excluding carboxylic acids is 1. The maximum atomic E-state index is 14.0. The largest absolute Gasteiger partial charge is 0.425 e. The number of hydrogen-bond donors (Lipinski definition) is 2. The second-order valence-corrected chi connectivity index (χ2v) is 6.65. The van der Waals surface area contributed by atoms with Crippen molar-refractivity contribution in [2.75, 3.05) is 0 Å². The number of benzene rings is 2. The minimum absolute atomic E-state index is 0.00885. The fourth-order valence-corrected chi connectivity index (χ4v) is 3.73. The van der Waals surface area contributed by atoms with E-state index < -0.39 is 23.2 Å². The van der Waals surface area contributed by atoms with Crippen molar-refractivity contribution < 1.29 is 23.1 Å². The molecule has 8 heteroatoms. The van der Waals surface area contributed by atoms with Gasteiger partial charge in [-0.3, -0.25) is 9.48 Å². The van der Waals surface area contributed by atoms with Gasteiger partial charge in [-0.1, -0.05) is 24.3 Å². The van der Waals surface area contributed by atoms with Crippen LogP contribution in [0.15, 0.2) is 48.8 Å². The fourth-order valence-electron chi connectivity index (χ4n) is 3.73. The van der Waals surface area contributed by atoms with Crippen LogP contribution in [0.5, 0.6) is 0 Å². The molecule has 1 unspecified atom stereocenters. The first kappa shape index (κ1) is 18.2. The lowest BCUT2D eigenvalue weighted by Crippen LogP contribution is -2.41. The van der Waals surface area contributed by atoms with Gasteiger partial charge in [0.15, 0.2) is 0 Å². The van der Waals surface area contributed by atoms with Crippen LogP contribution in [0.3, 0.4) is 0 Å². The third kappa shape index (κ3) is 2.37. The van der Waals surface area contributed by atoms with E-state index in [1.54, 1.807) is 16.9 Å². The number of hydrogen-bond acceptors (Lipinski definition) is 3. The van der Waals surface area contributed by atoms with Crippen LogP contribution < -0.4 is 5.73 Å². The SMILES string of the molecule is CCn1cc(-c2cc(C(N)=O)c3c(c2)C(O)(C(F)(F)F)c2ccccc2-3)cn1. The smallest absolute Gasteiger partial charge is 0.372 e. The van der Waals surface area contributed by atoms with Crippen LogP contribution in [0.1, 0.15) is 28.4 Å². The number of aryl methyl sites for hydroxylation is 1. The van der Waals surface area contributed by atoms with Gasteiger partial charge in [-0.25, -0.2) is 0 Å². The highest BCUT2D eigenvalue weighted by Crippen LogP contribution is 2.56. The zero-order valence-electron chi connectivity index (χ0n) is 14.8. The van der Waals surface area contributed by atoms with Gasteiger partial charge >= 0.3 is 6.18 Å². The molecular formula is C20H16F3N3O2. The second kappa shape index (κ2) is 5.93. The predicted octanol–water partition coefficient (Wildman–Crippen LogP) is 3.45. The van der Waals surface area contributed by atoms with Crippen molar-refractivity contribution in [2.45, 2.75) is 25.2 Å². The van der Waals surface area contributed by atoms with Crippen molar-refractivity contribution in [1.82, 2.24) is 9.78 Å². The Balaban J connectivity index is 2.08. The van der Waals surface area contributed by atoms with E-state index in [1.807, 2.05) is 6.92 Å². The number of alkyl halides is 3. The minimum atomic E-state index is -4.99. The predicted molar refractivity (Wildman–Crippen MR) is 96.3 cm³/mol. The first-order chi connectivity index (χ1) is 13.2. The van der Waals surface area contributed by atoms with E-state index in [2.05, 4.69) is 5.10 Å². The monoisotopic (exact) mass is 387 g/mol. The van der Waals surface area contributed by atoms with Gasteiger partial charge in [-0.15, -0.1) is 0 Å². The standard InChI is InChI=1S/C20H16F3N3O2/c1-2-26-10-12(9-25-26)11-7-14(18(24)27)17-13-5-3-4-6-15(13)19(28,16(17)8-11)20(21,22)23/h3-10,28H,2H2,1H3,(H2,24,27). The Morgan fingerprint density at radius 3 is 2.54 bits per heavy atom. The first-order valence-electron chi connectivity index (χ1n) is 8.58. The lowest BCUT2D eigenvalue weighted by molar-refractivity contribution is -0.246. The van der Waals surface area contributed by atoms with Crippen LogP contribution in [-0.2, 0) is 12.1 Å². The zero-order valence-corrected chi connectivity index (χ0v) is 14.8. The highest BCUT2D eigenvalue weighted by molar-refractivity contribution is 6.04. The van der Waals surface area contributed by atoms with Gasteiger partial charge in [0.05, 0.1) is 6.20 Å². The zero-order chi connectivity index (χ0) is 20.3. The lowest BCUT2D eigenvalue weighted by atomic mass is 9.88. The summed E-state index contributed by atoms with van der Waals surface area (Å²) in [5.41, 5.74) is 2.45. The summed E-state index contributed by atoms with van der Waals surface area (Å²) in [4.78, 5) is 12.1. The summed E-state index contributed by atoms with van der Waals surface area (Å²) in [5.74, 6) is -0.873. The summed E-state index contributed by atoms with van der Waals surface area (Å²) in [6.45, 7) is 2.44. The molecular weight excluding hydrogens is 371 g/mol. The van der Waals surface area contributed by atoms with Crippen LogP contribution in [0.4, 0.5) is 13.2 Å². The first-order valence-corrected chi connectivity index (χ1v) is 8.58. The number of nitrogens with two attached hydrogens (primary N) is 1. The number of amides is 1. The molecule has 4 rings (SSSR count). The van der Waals surface area contributed by atoms with Crippen molar-refractivity contribution in [2.24, 2.45) is 5.73 Å². The molecule has 0 saturated carbocycles. The highest BCUT2D eigenvalue weighted by atomic mass is 19.4. The fraction of sp³-hybridized carbons (Fsp3) is 0.200. The number of aliphatic hydroxyl groups is 1. The lowest BCUT2D eigenvalue weighted by Gasteiger charge is -2.28. The molecule has 2 aromatic carbocycles. The van der Waals surface area contributed by atoms with E-state index in [0.29, 0.717) is 17.7 Å². The highest BCUT2D eigenvalue weighted by Gasteiger charge is 2.61. The van der Waals surface area contributed by atoms with Crippen molar-refractivity contribution in [1.29, 1.82) is 0 Å². The molecule has 1 aliphatic carbocycles. The maximum absolute atomic E-state index is 14.0. The molecule has 1 heterocycles.